The molecule has 0 aliphatic carbocycles. The molecule has 0 radical (unpaired) electrons. The Morgan fingerprint density at radius 2 is 2.04 bits per heavy atom. The molecule has 3 aromatic rings. The summed E-state index contributed by atoms with van der Waals surface area (Å²) >= 11 is 6.39. The van der Waals surface area contributed by atoms with E-state index in [0.717, 1.165) is 22.0 Å². The highest BCUT2D eigenvalue weighted by atomic mass is 35.5. The molecular weight excluding hydrogens is 342 g/mol. The summed E-state index contributed by atoms with van der Waals surface area (Å²) in [6.07, 6.45) is 1.81. The fourth-order valence-electron chi connectivity index (χ4n) is 3.12. The number of halogens is 1. The molecule has 5 nitrogen and oxygen atoms in total. The van der Waals surface area contributed by atoms with Gasteiger partial charge in [-0.1, -0.05) is 11.6 Å². The van der Waals surface area contributed by atoms with Gasteiger partial charge >= 0.3 is 5.97 Å². The topological polar surface area (TPSA) is 60.7 Å². The number of aromatic nitrogens is 1. The minimum Gasteiger partial charge on any atom is -0.507 e. The molecule has 1 aliphatic heterocycles. The van der Waals surface area contributed by atoms with Crippen LogP contribution in [0.1, 0.15) is 28.4 Å². The van der Waals surface area contributed by atoms with Crippen molar-refractivity contribution in [2.45, 2.75) is 20.1 Å². The lowest BCUT2D eigenvalue weighted by Crippen LogP contribution is -2.05. The second-order valence-electron chi connectivity index (χ2n) is 5.90. The lowest BCUT2D eigenvalue weighted by molar-refractivity contribution is 0.0523. The molecule has 128 valence electrons. The van der Waals surface area contributed by atoms with Crippen LogP contribution in [0.3, 0.4) is 0 Å². The van der Waals surface area contributed by atoms with Crippen LogP contribution in [0.15, 0.2) is 36.5 Å². The number of benzene rings is 2. The van der Waals surface area contributed by atoms with Gasteiger partial charge in [0.25, 0.3) is 0 Å². The third kappa shape index (κ3) is 2.65. The molecule has 0 spiro atoms. The van der Waals surface area contributed by atoms with Gasteiger partial charge < -0.3 is 19.1 Å². The van der Waals surface area contributed by atoms with Crippen molar-refractivity contribution in [3.8, 4) is 11.4 Å². The number of phenols is 1. The van der Waals surface area contributed by atoms with E-state index in [0.29, 0.717) is 23.9 Å². The molecule has 1 aromatic heterocycles. The first-order valence-corrected chi connectivity index (χ1v) is 8.37. The average molecular weight is 358 g/mol. The second-order valence-corrected chi connectivity index (χ2v) is 6.31. The monoisotopic (exact) mass is 357 g/mol. The van der Waals surface area contributed by atoms with Crippen molar-refractivity contribution < 1.29 is 19.4 Å². The summed E-state index contributed by atoms with van der Waals surface area (Å²) < 4.78 is 12.3. The normalized spacial score (nSPS) is 13.2. The zero-order chi connectivity index (χ0) is 17.6. The van der Waals surface area contributed by atoms with Gasteiger partial charge in [0.2, 0.25) is 0 Å². The van der Waals surface area contributed by atoms with Crippen LogP contribution in [-0.4, -0.2) is 22.2 Å². The van der Waals surface area contributed by atoms with Crippen molar-refractivity contribution >= 4 is 28.5 Å². The number of hydrogen-bond acceptors (Lipinski definition) is 4. The molecular formula is C19H16ClNO4. The number of fused-ring (bicyclic) bond motifs is 2. The minimum atomic E-state index is -0.545. The molecule has 0 atom stereocenters. The quantitative estimate of drug-likeness (QED) is 0.714. The van der Waals surface area contributed by atoms with E-state index in [4.69, 9.17) is 21.1 Å². The maximum absolute atomic E-state index is 11.8. The number of ether oxygens (including phenoxy) is 2. The van der Waals surface area contributed by atoms with Crippen molar-refractivity contribution in [3.05, 3.63) is 58.2 Å². The largest absolute Gasteiger partial charge is 0.507 e. The number of carbonyl (C=O) groups excluding carboxylic acids is 1. The first-order chi connectivity index (χ1) is 12.1. The first-order valence-electron chi connectivity index (χ1n) is 7.99. The van der Waals surface area contributed by atoms with Gasteiger partial charge in [-0.3, -0.25) is 0 Å². The van der Waals surface area contributed by atoms with E-state index in [9.17, 15) is 9.90 Å². The summed E-state index contributed by atoms with van der Waals surface area (Å²) in [5, 5.41) is 11.8. The van der Waals surface area contributed by atoms with Gasteiger partial charge in [0.05, 0.1) is 30.4 Å². The van der Waals surface area contributed by atoms with Crippen LogP contribution in [0.25, 0.3) is 16.6 Å². The molecule has 25 heavy (non-hydrogen) atoms. The van der Waals surface area contributed by atoms with E-state index in [2.05, 4.69) is 6.07 Å². The maximum atomic E-state index is 11.8. The number of rotatable bonds is 3. The van der Waals surface area contributed by atoms with Crippen LogP contribution in [0, 0.1) is 0 Å². The first kappa shape index (κ1) is 16.0. The number of nitrogens with zero attached hydrogens (tertiary/aromatic N) is 1. The Hall–Kier alpha value is -2.50. The number of esters is 1. The minimum absolute atomic E-state index is 0.126. The van der Waals surface area contributed by atoms with Gasteiger partial charge in [-0.05, 0) is 42.3 Å². The molecule has 1 aliphatic rings. The average Bonchev–Trinajstić information content (AvgIpc) is 3.17. The summed E-state index contributed by atoms with van der Waals surface area (Å²) in [4.78, 5) is 11.8. The predicted octanol–water partition coefficient (Wildman–Crippen LogP) is 4.20. The van der Waals surface area contributed by atoms with E-state index in [-0.39, 0.29) is 17.9 Å². The number of hydrogen-bond donors (Lipinski definition) is 1. The van der Waals surface area contributed by atoms with Crippen LogP contribution in [0.4, 0.5) is 0 Å². The van der Waals surface area contributed by atoms with E-state index in [1.165, 1.54) is 6.07 Å². The maximum Gasteiger partial charge on any atom is 0.341 e. The molecule has 0 saturated heterocycles. The molecule has 2 heterocycles. The van der Waals surface area contributed by atoms with Crippen molar-refractivity contribution in [1.82, 2.24) is 4.57 Å². The summed E-state index contributed by atoms with van der Waals surface area (Å²) in [7, 11) is 0. The molecule has 0 bridgehead atoms. The van der Waals surface area contributed by atoms with Crippen molar-refractivity contribution in [3.63, 3.8) is 0 Å². The Morgan fingerprint density at radius 3 is 2.76 bits per heavy atom. The Balaban J connectivity index is 1.82. The van der Waals surface area contributed by atoms with Crippen LogP contribution in [0.5, 0.6) is 5.75 Å². The molecule has 0 fully saturated rings. The number of carbonyl (C=O) groups is 1. The Bertz CT molecular complexity index is 993. The van der Waals surface area contributed by atoms with Crippen molar-refractivity contribution in [2.75, 3.05) is 6.61 Å². The Morgan fingerprint density at radius 1 is 1.28 bits per heavy atom. The second kappa shape index (κ2) is 6.10. The summed E-state index contributed by atoms with van der Waals surface area (Å²) in [6.45, 7) is 3.16. The highest BCUT2D eigenvalue weighted by molar-refractivity contribution is 6.35. The number of phenolic OH excluding ortho intramolecular Hbond substituents is 1. The number of aromatic hydroxyl groups is 1. The molecule has 1 N–H and O–H groups in total. The standard InChI is InChI=1S/C19H16ClNO4/c1-2-25-19(23)14-4-3-13(7-18(14)22)21-8-16(20)15-5-11-9-24-10-12(11)6-17(15)21/h3-8,22H,2,9-10H2,1H3. The van der Waals surface area contributed by atoms with Gasteiger partial charge in [-0.2, -0.15) is 0 Å². The van der Waals surface area contributed by atoms with Crippen LogP contribution in [-0.2, 0) is 22.7 Å². The molecule has 0 saturated carbocycles. The molecule has 2 aromatic carbocycles. The van der Waals surface area contributed by atoms with Gasteiger partial charge in [0, 0.05) is 23.3 Å². The lowest BCUT2D eigenvalue weighted by atomic mass is 10.1. The van der Waals surface area contributed by atoms with Crippen molar-refractivity contribution in [2.24, 2.45) is 0 Å². The zero-order valence-electron chi connectivity index (χ0n) is 13.6. The lowest BCUT2D eigenvalue weighted by Gasteiger charge is -2.09. The van der Waals surface area contributed by atoms with Gasteiger partial charge in [0.1, 0.15) is 11.3 Å². The van der Waals surface area contributed by atoms with Gasteiger partial charge in [0.15, 0.2) is 0 Å². The van der Waals surface area contributed by atoms with Crippen LogP contribution >= 0.6 is 11.6 Å². The van der Waals surface area contributed by atoms with E-state index in [1.807, 2.05) is 10.6 Å². The predicted molar refractivity (Wildman–Crippen MR) is 94.4 cm³/mol. The molecule has 0 unspecified atom stereocenters. The third-order valence-corrected chi connectivity index (χ3v) is 4.65. The summed E-state index contributed by atoms with van der Waals surface area (Å²) in [6, 6.07) is 8.94. The highest BCUT2D eigenvalue weighted by Crippen LogP contribution is 2.34. The smallest absolute Gasteiger partial charge is 0.341 e. The Labute approximate surface area is 149 Å². The molecule has 4 rings (SSSR count). The zero-order valence-corrected chi connectivity index (χ0v) is 14.3. The Kier molecular flexibility index (Phi) is 3.90. The molecule has 0 amide bonds. The molecule has 6 heteroatoms. The van der Waals surface area contributed by atoms with Crippen LogP contribution < -0.4 is 0 Å². The van der Waals surface area contributed by atoms with Crippen molar-refractivity contribution in [1.29, 1.82) is 0 Å². The fourth-order valence-corrected chi connectivity index (χ4v) is 3.37. The van der Waals surface area contributed by atoms with E-state index < -0.39 is 5.97 Å². The van der Waals surface area contributed by atoms with Crippen LogP contribution in [0.2, 0.25) is 5.02 Å². The fraction of sp³-hybridized carbons (Fsp3) is 0.211. The van der Waals surface area contributed by atoms with Gasteiger partial charge in [-0.15, -0.1) is 0 Å². The van der Waals surface area contributed by atoms with E-state index in [1.54, 1.807) is 25.3 Å². The summed E-state index contributed by atoms with van der Waals surface area (Å²) in [5.41, 5.74) is 4.06. The van der Waals surface area contributed by atoms with Gasteiger partial charge in [-0.25, -0.2) is 4.79 Å². The highest BCUT2D eigenvalue weighted by Gasteiger charge is 2.18. The third-order valence-electron chi connectivity index (χ3n) is 4.35. The SMILES string of the molecule is CCOC(=O)c1ccc(-n2cc(Cl)c3cc4c(cc32)COC4)cc1O. The summed E-state index contributed by atoms with van der Waals surface area (Å²) in [5.74, 6) is -0.671. The van der Waals surface area contributed by atoms with E-state index >= 15 is 0 Å².